The molecule has 1 radical (unpaired) electrons. The number of alkyl halides is 1. The summed E-state index contributed by atoms with van der Waals surface area (Å²) in [6.07, 6.45) is 7.49. The Morgan fingerprint density at radius 3 is 3.10 bits per heavy atom. The molecule has 2 nitrogen and oxygen atoms in total. The molecule has 1 saturated carbocycles. The van der Waals surface area contributed by atoms with Gasteiger partial charge in [-0.1, -0.05) is 15.9 Å². The highest BCUT2D eigenvalue weighted by molar-refractivity contribution is 9.09. The number of halogens is 1. The van der Waals surface area contributed by atoms with E-state index in [1.54, 1.807) is 0 Å². The zero-order valence-electron chi connectivity index (χ0n) is 5.47. The van der Waals surface area contributed by atoms with Gasteiger partial charge in [-0.05, 0) is 18.8 Å². The van der Waals surface area contributed by atoms with Gasteiger partial charge < -0.3 is 0 Å². The minimum atomic E-state index is 0.478. The summed E-state index contributed by atoms with van der Waals surface area (Å²) in [5.74, 6) is 0.828. The van der Waals surface area contributed by atoms with Crippen LogP contribution in [-0.4, -0.2) is 10.2 Å². The monoisotopic (exact) mass is 199 g/mol. The molecule has 1 unspecified atom stereocenters. The zero-order valence-corrected chi connectivity index (χ0v) is 7.06. The molecule has 1 N–H and O–H groups in total. The summed E-state index contributed by atoms with van der Waals surface area (Å²) in [6, 6.07) is 0. The smallest absolute Gasteiger partial charge is 0.117 e. The second-order valence-electron chi connectivity index (χ2n) is 2.69. The summed E-state index contributed by atoms with van der Waals surface area (Å²) in [5.41, 5.74) is 1.16. The van der Waals surface area contributed by atoms with Crippen LogP contribution in [0.25, 0.3) is 0 Å². The third-order valence-corrected chi connectivity index (χ3v) is 3.04. The van der Waals surface area contributed by atoms with Crippen molar-refractivity contribution in [2.24, 2.45) is 5.92 Å². The van der Waals surface area contributed by atoms with Crippen molar-refractivity contribution in [3.8, 4) is 0 Å². The summed E-state index contributed by atoms with van der Waals surface area (Å²) in [5, 5.41) is 6.53. The largest absolute Gasteiger partial charge is 0.285 e. The molecule has 1 aromatic heterocycles. The number of H-pyrrole nitrogens is 1. The van der Waals surface area contributed by atoms with Gasteiger partial charge in [-0.3, -0.25) is 5.10 Å². The van der Waals surface area contributed by atoms with Gasteiger partial charge in [0.1, 0.15) is 6.20 Å². The Labute approximate surface area is 68.2 Å². The molecular formula is C7H8BrN2. The molecule has 1 heterocycles. The molecule has 3 heteroatoms. The molecular weight excluding hydrogens is 192 g/mol. The van der Waals surface area contributed by atoms with Crippen LogP contribution in [0.5, 0.6) is 0 Å². The summed E-state index contributed by atoms with van der Waals surface area (Å²) >= 11 is 3.60. The lowest BCUT2D eigenvalue weighted by molar-refractivity contribution is 0.822. The molecule has 0 bridgehead atoms. The van der Waals surface area contributed by atoms with E-state index < -0.39 is 0 Å². The predicted octanol–water partition coefficient (Wildman–Crippen LogP) is 2.06. The van der Waals surface area contributed by atoms with Gasteiger partial charge in [-0.2, -0.15) is 5.10 Å². The lowest BCUT2D eigenvalue weighted by Gasteiger charge is -2.01. The first-order chi connectivity index (χ1) is 4.88. The zero-order chi connectivity index (χ0) is 6.97. The predicted molar refractivity (Wildman–Crippen MR) is 41.8 cm³/mol. The Balaban J connectivity index is 2.11. The highest BCUT2D eigenvalue weighted by Crippen LogP contribution is 2.45. The fraction of sp³-hybridized carbons (Fsp3) is 0.571. The second kappa shape index (κ2) is 2.38. The van der Waals surface area contributed by atoms with E-state index in [0.29, 0.717) is 4.83 Å². The molecule has 0 amide bonds. The van der Waals surface area contributed by atoms with Crippen molar-refractivity contribution >= 4 is 15.9 Å². The maximum Gasteiger partial charge on any atom is 0.117 e. The van der Waals surface area contributed by atoms with Gasteiger partial charge >= 0.3 is 0 Å². The van der Waals surface area contributed by atoms with Gasteiger partial charge in [-0.15, -0.1) is 0 Å². The first-order valence-corrected chi connectivity index (χ1v) is 4.35. The topological polar surface area (TPSA) is 28.7 Å². The van der Waals surface area contributed by atoms with Crippen molar-refractivity contribution in [1.29, 1.82) is 0 Å². The molecule has 0 aliphatic heterocycles. The van der Waals surface area contributed by atoms with Crippen LogP contribution >= 0.6 is 15.9 Å². The van der Waals surface area contributed by atoms with Crippen LogP contribution in [0.1, 0.15) is 23.2 Å². The van der Waals surface area contributed by atoms with E-state index in [-0.39, 0.29) is 0 Å². The first-order valence-electron chi connectivity index (χ1n) is 3.43. The number of aromatic amines is 1. The third kappa shape index (κ3) is 1.10. The maximum atomic E-state index is 3.77. The van der Waals surface area contributed by atoms with Crippen molar-refractivity contribution < 1.29 is 0 Å². The molecule has 1 fully saturated rings. The van der Waals surface area contributed by atoms with Crippen LogP contribution in [0.15, 0.2) is 6.20 Å². The van der Waals surface area contributed by atoms with Crippen molar-refractivity contribution in [2.75, 3.05) is 0 Å². The van der Waals surface area contributed by atoms with Gasteiger partial charge in [0.2, 0.25) is 0 Å². The molecule has 0 spiro atoms. The number of hydrogen-bond acceptors (Lipinski definition) is 1. The SMILES string of the molecule is BrC(c1[c]n[nH]c1)C1CC1. The normalized spacial score (nSPS) is 20.9. The third-order valence-electron chi connectivity index (χ3n) is 1.80. The average Bonchev–Trinajstić information content (AvgIpc) is 2.65. The van der Waals surface area contributed by atoms with Crippen LogP contribution in [0.3, 0.4) is 0 Å². The number of nitrogens with one attached hydrogen (secondary N) is 1. The van der Waals surface area contributed by atoms with Crippen molar-refractivity contribution in [2.45, 2.75) is 17.7 Å². The Kier molecular flexibility index (Phi) is 1.52. The van der Waals surface area contributed by atoms with E-state index >= 15 is 0 Å². The highest BCUT2D eigenvalue weighted by atomic mass is 79.9. The number of nitrogens with zero attached hydrogens (tertiary/aromatic N) is 1. The van der Waals surface area contributed by atoms with E-state index in [2.05, 4.69) is 32.3 Å². The number of hydrogen-bond donors (Lipinski definition) is 1. The summed E-state index contributed by atoms with van der Waals surface area (Å²) < 4.78 is 0. The van der Waals surface area contributed by atoms with Crippen molar-refractivity contribution in [1.82, 2.24) is 10.2 Å². The van der Waals surface area contributed by atoms with E-state index in [4.69, 9.17) is 0 Å². The summed E-state index contributed by atoms with van der Waals surface area (Å²) in [6.45, 7) is 0. The van der Waals surface area contributed by atoms with Gasteiger partial charge in [0.25, 0.3) is 0 Å². The lowest BCUT2D eigenvalue weighted by Crippen LogP contribution is -1.88. The minimum Gasteiger partial charge on any atom is -0.285 e. The van der Waals surface area contributed by atoms with Crippen LogP contribution in [0.2, 0.25) is 0 Å². The van der Waals surface area contributed by atoms with E-state index in [9.17, 15) is 0 Å². The first kappa shape index (κ1) is 6.40. The fourth-order valence-corrected chi connectivity index (χ4v) is 1.78. The van der Waals surface area contributed by atoms with Crippen LogP contribution in [0.4, 0.5) is 0 Å². The second-order valence-corrected chi connectivity index (χ2v) is 3.68. The fourth-order valence-electron chi connectivity index (χ4n) is 1.02. The average molecular weight is 200 g/mol. The molecule has 1 atom stereocenters. The Hall–Kier alpha value is -0.310. The maximum absolute atomic E-state index is 3.77. The molecule has 1 aliphatic carbocycles. The Morgan fingerprint density at radius 2 is 2.60 bits per heavy atom. The van der Waals surface area contributed by atoms with E-state index in [1.807, 2.05) is 6.20 Å². The highest BCUT2D eigenvalue weighted by Gasteiger charge is 2.30. The quantitative estimate of drug-likeness (QED) is 0.727. The van der Waals surface area contributed by atoms with E-state index in [1.165, 1.54) is 12.8 Å². The molecule has 0 saturated heterocycles. The lowest BCUT2D eigenvalue weighted by atomic mass is 10.2. The molecule has 1 aliphatic rings. The van der Waals surface area contributed by atoms with Crippen molar-refractivity contribution in [3.05, 3.63) is 18.0 Å². The molecule has 2 rings (SSSR count). The number of aromatic nitrogens is 2. The molecule has 0 aromatic carbocycles. The molecule has 1 aromatic rings. The standard InChI is InChI=1S/C7H8BrN2/c8-7(5-1-2-5)6-3-9-10-4-6/h3,5,7H,1-2H2,(H,9,10). The van der Waals surface area contributed by atoms with E-state index in [0.717, 1.165) is 11.5 Å². The van der Waals surface area contributed by atoms with Crippen LogP contribution in [0, 0.1) is 12.1 Å². The molecule has 53 valence electrons. The summed E-state index contributed by atoms with van der Waals surface area (Å²) in [7, 11) is 0. The molecule has 10 heavy (non-hydrogen) atoms. The van der Waals surface area contributed by atoms with Gasteiger partial charge in [0, 0.05) is 16.6 Å². The number of rotatable bonds is 2. The van der Waals surface area contributed by atoms with Crippen molar-refractivity contribution in [3.63, 3.8) is 0 Å². The van der Waals surface area contributed by atoms with Crippen LogP contribution in [-0.2, 0) is 0 Å². The van der Waals surface area contributed by atoms with Crippen LogP contribution < -0.4 is 0 Å². The summed E-state index contributed by atoms with van der Waals surface area (Å²) in [4.78, 5) is 0.478. The van der Waals surface area contributed by atoms with Gasteiger partial charge in [-0.25, -0.2) is 0 Å². The Morgan fingerprint density at radius 1 is 1.80 bits per heavy atom. The minimum absolute atomic E-state index is 0.478. The van der Waals surface area contributed by atoms with Gasteiger partial charge in [0.15, 0.2) is 0 Å². The van der Waals surface area contributed by atoms with Gasteiger partial charge in [0.05, 0.1) is 0 Å². The Bertz CT molecular complexity index is 203.